The first kappa shape index (κ1) is 86.1. The van der Waals surface area contributed by atoms with Crippen LogP contribution in [0.2, 0.25) is 0 Å². The van der Waals surface area contributed by atoms with Crippen LogP contribution in [0.15, 0.2) is 104 Å². The van der Waals surface area contributed by atoms with Crippen LogP contribution in [-0.4, -0.2) is 218 Å². The summed E-state index contributed by atoms with van der Waals surface area (Å²) in [6, 6.07) is 6.68. The molecule has 0 aromatic carbocycles. The maximum absolute atomic E-state index is 12.4. The van der Waals surface area contributed by atoms with Gasteiger partial charge in [0.15, 0.2) is 54.3 Å². The molecule has 2 bridgehead atoms. The Morgan fingerprint density at radius 3 is 1.11 bits per heavy atom. The molecule has 644 valence electrons. The molecule has 40 heteroatoms. The highest BCUT2D eigenvalue weighted by Crippen LogP contribution is 2.64. The lowest BCUT2D eigenvalue weighted by molar-refractivity contribution is -0.248. The van der Waals surface area contributed by atoms with E-state index in [0.29, 0.717) is 15.5 Å². The molecule has 4 spiro atoms. The lowest BCUT2D eigenvalue weighted by Crippen LogP contribution is -2.53. The van der Waals surface area contributed by atoms with E-state index in [1.165, 1.54) is 70.4 Å². The first-order valence-electron chi connectivity index (χ1n) is 40.0. The number of aliphatic hydroxyl groups excluding tert-OH is 4. The molecule has 9 N–H and O–H groups in total. The Labute approximate surface area is 695 Å². The molecule has 10 aliphatic heterocycles. The van der Waals surface area contributed by atoms with Gasteiger partial charge in [-0.25, -0.2) is 19.2 Å². The third-order valence-corrected chi connectivity index (χ3v) is 28.9. The molecular formula is C77H104I2N10O28. The van der Waals surface area contributed by atoms with Gasteiger partial charge in [0, 0.05) is 122 Å². The monoisotopic (exact) mass is 1870 g/mol. The maximum Gasteiger partial charge on any atom is 0.330 e. The van der Waals surface area contributed by atoms with Crippen LogP contribution in [0.1, 0.15) is 209 Å². The molecule has 38 nitrogen and oxygen atoms in total. The first-order chi connectivity index (χ1) is 55.3. The quantitative estimate of drug-likeness (QED) is 0.0678. The van der Waals surface area contributed by atoms with E-state index in [1.807, 2.05) is 25.8 Å². The van der Waals surface area contributed by atoms with Gasteiger partial charge in [0.25, 0.3) is 27.8 Å². The number of fused-ring (bicyclic) bond motifs is 10. The van der Waals surface area contributed by atoms with E-state index in [0.717, 1.165) is 132 Å². The standard InChI is InChI=1S/C18H26N2O5.C16H21IN2O6.C16H19IN2O5.C16H22N2O6.C11H16N2O6/c1-4-17(5-2)13-16(3,25-18(23-13)9-6-7-10-18)14(24-17)20-11-8-12(21)19-15(20)22;1-14-11(23-16(25-14)5-2-3-6-16)15(8-17,9-20)24-12(14)19-7-4-10(21)18-13(19)22;1-14-11(22-16(24-14)5-2-3-6-16)15(8-17)9-21-13-18-10(20)4-7-19(13)12(14)23-15;1-14(9-19)11-15(2,24-16(22-11)6-3-4-7-16)12(23-14)18-8-5-10(20)17-13(18)21;1-10(5-14)7(16)11(2,18)8(19-10)13-4-3-6(15)12-9(13)17/h8,11,13-14H,4-7,9-10H2,1-3H3,(H,19,21,22);4,7,11-12,20H,2-3,5-6,8-9H2,1H3,(H,18,21,22);4,7,11-12H,2-3,5-6,8-9H2,1H3;5,8,11-12,19H,3-4,6-7,9H2,1-2H3,(H,17,20,21);3-4,7-8,14,16,18H,5H2,1-2H3,(H,12,15,17)/t13-,14+,16+;2*11-,12+,14+,15+;11-,12-,14-,15-;7-,8-,10-,11-/m00011/s1. The SMILES string of the molecule is CCC1(CC)O[C@@H](n2ccc(=O)[nH]c2=O)[C@]2(C)OC3(CCCC3)O[C@H]12.C[C@@]12OC3(CCCC3)O[C@@H]1[C@@](C)(CO)O[C@H]2n1ccc(=O)[nH]c1=O.C[C@@]12OC3(CCCC3)O[C@@H]1[C@@]1(CI)COc3nc(=O)ccn3[C@@H]2O1.C[C@@]12OC3(CCCC3)O[C@@H]1[C@](CO)(CI)O[C@H]2n1ccc(=O)[nH]c1=O.C[C@]1(O)[C@H](n2ccc(=O)[nH]c2=O)O[C@](C)(CO)[C@H]1O. The van der Waals surface area contributed by atoms with Crippen LogP contribution < -0.4 is 55.3 Å². The molecule has 19 rings (SSSR count). The fourth-order valence-electron chi connectivity index (χ4n) is 20.5. The number of halogens is 2. The summed E-state index contributed by atoms with van der Waals surface area (Å²) in [5.74, 6) is -2.43. The number of nitrogens with zero attached hydrogens (tertiary/aromatic N) is 6. The first-order valence-corrected chi connectivity index (χ1v) is 43.1. The van der Waals surface area contributed by atoms with Crippen LogP contribution >= 0.6 is 45.2 Å². The number of aromatic nitrogens is 10. The molecule has 14 aliphatic rings. The maximum atomic E-state index is 12.4. The van der Waals surface area contributed by atoms with Gasteiger partial charge < -0.3 is 91.8 Å². The van der Waals surface area contributed by atoms with E-state index in [1.54, 1.807) is 17.7 Å². The molecule has 117 heavy (non-hydrogen) atoms. The molecule has 5 aromatic heterocycles. The van der Waals surface area contributed by atoms with E-state index in [4.69, 9.17) is 66.3 Å². The van der Waals surface area contributed by atoms with Crippen LogP contribution in [0.25, 0.3) is 0 Å². The summed E-state index contributed by atoms with van der Waals surface area (Å²) in [6.07, 6.45) is 17.0. The van der Waals surface area contributed by atoms with Crippen LogP contribution in [0, 0.1) is 0 Å². The van der Waals surface area contributed by atoms with Crippen molar-refractivity contribution in [2.24, 2.45) is 0 Å². The lowest BCUT2D eigenvalue weighted by Gasteiger charge is -2.34. The van der Waals surface area contributed by atoms with Crippen molar-refractivity contribution in [1.82, 2.24) is 47.8 Å². The second-order valence-electron chi connectivity index (χ2n) is 34.7. The average molecular weight is 1870 g/mol. The van der Waals surface area contributed by atoms with Crippen molar-refractivity contribution in [3.05, 3.63) is 155 Å². The zero-order valence-electron chi connectivity index (χ0n) is 66.6. The number of ether oxygens (including phenoxy) is 14. The van der Waals surface area contributed by atoms with Crippen LogP contribution in [-0.2, 0) is 61.6 Å². The highest BCUT2D eigenvalue weighted by molar-refractivity contribution is 14.1. The van der Waals surface area contributed by atoms with Crippen molar-refractivity contribution >= 4 is 45.2 Å². The van der Waals surface area contributed by atoms with Crippen molar-refractivity contribution in [1.29, 1.82) is 0 Å². The zero-order chi connectivity index (χ0) is 83.9. The topological polar surface area (TPSA) is 485 Å². The molecule has 5 aromatic rings. The number of rotatable bonds is 11. The average Bonchev–Trinajstić information content (AvgIpc) is 1.53. The number of alkyl halides is 2. The largest absolute Gasteiger partial charge is 0.461 e. The Bertz CT molecular complexity index is 4980. The van der Waals surface area contributed by atoms with Gasteiger partial charge in [-0.2, -0.15) is 4.98 Å². The van der Waals surface area contributed by atoms with E-state index in [9.17, 15) is 68.7 Å². The fraction of sp³-hybridized carbons (Fsp3) is 0.740. The summed E-state index contributed by atoms with van der Waals surface area (Å²) in [5, 5.41) is 49.6. The van der Waals surface area contributed by atoms with Gasteiger partial charge in [0.2, 0.25) is 0 Å². The van der Waals surface area contributed by atoms with Gasteiger partial charge in [-0.05, 0) is 113 Å². The summed E-state index contributed by atoms with van der Waals surface area (Å²) < 4.78 is 95.8. The highest BCUT2D eigenvalue weighted by Gasteiger charge is 2.76. The van der Waals surface area contributed by atoms with Crippen molar-refractivity contribution in [3.8, 4) is 6.01 Å². The van der Waals surface area contributed by atoms with Gasteiger partial charge in [0.1, 0.15) is 87.5 Å². The molecule has 0 unspecified atom stereocenters. The van der Waals surface area contributed by atoms with Crippen LogP contribution in [0.5, 0.6) is 6.01 Å². The summed E-state index contributed by atoms with van der Waals surface area (Å²) in [6.45, 7) is 15.6. The summed E-state index contributed by atoms with van der Waals surface area (Å²) >= 11 is 4.47. The Morgan fingerprint density at radius 1 is 0.410 bits per heavy atom. The molecule has 9 saturated heterocycles. The molecule has 13 fully saturated rings. The molecule has 4 aliphatic carbocycles. The molecule has 15 heterocycles. The normalized spacial score (nSPS) is 39.0. The van der Waals surface area contributed by atoms with Gasteiger partial charge in [0.05, 0.1) is 25.4 Å². The Balaban J connectivity index is 0.000000115. The zero-order valence-corrected chi connectivity index (χ0v) is 70.9. The minimum Gasteiger partial charge on any atom is -0.461 e. The van der Waals surface area contributed by atoms with Gasteiger partial charge in [-0.3, -0.25) is 66.7 Å². The van der Waals surface area contributed by atoms with Crippen molar-refractivity contribution < 1.29 is 91.8 Å². The minimum atomic E-state index is -1.79. The molecule has 19 atom stereocenters. The highest BCUT2D eigenvalue weighted by atomic mass is 127. The summed E-state index contributed by atoms with van der Waals surface area (Å²) in [5.41, 5.74) is -14.3. The predicted molar refractivity (Wildman–Crippen MR) is 423 cm³/mol. The minimum absolute atomic E-state index is 0.211. The van der Waals surface area contributed by atoms with Gasteiger partial charge in [-0.15, -0.1) is 0 Å². The van der Waals surface area contributed by atoms with E-state index >= 15 is 0 Å². The number of hydrogen-bond donors (Lipinski definition) is 9. The lowest BCUT2D eigenvalue weighted by atomic mass is 9.84. The number of nitrogens with one attached hydrogen (secondary N) is 4. The second-order valence-corrected chi connectivity index (χ2v) is 36.2. The Morgan fingerprint density at radius 2 is 0.744 bits per heavy atom. The third kappa shape index (κ3) is 14.2. The second kappa shape index (κ2) is 30.9. The van der Waals surface area contributed by atoms with E-state index < -0.39 is 180 Å². The van der Waals surface area contributed by atoms with Crippen LogP contribution in [0.4, 0.5) is 0 Å². The Kier molecular flexibility index (Phi) is 22.7. The number of hydrogen-bond acceptors (Lipinski definition) is 29. The molecule has 4 saturated carbocycles. The Hall–Kier alpha value is -5.86. The van der Waals surface area contributed by atoms with E-state index in [2.05, 4.69) is 85.9 Å². The van der Waals surface area contributed by atoms with Crippen molar-refractivity contribution in [2.45, 2.75) is 319 Å². The number of aromatic amines is 4. The number of aliphatic hydroxyl groups is 5. The predicted octanol–water partition coefficient (Wildman–Crippen LogP) is 2.72. The van der Waals surface area contributed by atoms with Crippen LogP contribution in [0.3, 0.4) is 0 Å². The van der Waals surface area contributed by atoms with Gasteiger partial charge in [-0.1, -0.05) is 59.0 Å². The molecular weight excluding hydrogens is 1770 g/mol. The third-order valence-electron chi connectivity index (χ3n) is 26.3. The number of H-pyrrole nitrogens is 4. The summed E-state index contributed by atoms with van der Waals surface area (Å²) in [4.78, 5) is 118. The molecule has 0 radical (unpaired) electrons. The van der Waals surface area contributed by atoms with Gasteiger partial charge >= 0.3 is 28.8 Å². The van der Waals surface area contributed by atoms with Crippen molar-refractivity contribution in [3.63, 3.8) is 0 Å². The molecule has 0 amide bonds. The van der Waals surface area contributed by atoms with E-state index in [-0.39, 0.29) is 37.0 Å². The summed E-state index contributed by atoms with van der Waals surface area (Å²) in [7, 11) is 0. The smallest absolute Gasteiger partial charge is 0.330 e. The fourth-order valence-corrected chi connectivity index (χ4v) is 22.1. The van der Waals surface area contributed by atoms with Crippen molar-refractivity contribution in [2.75, 3.05) is 35.3 Å².